The van der Waals surface area contributed by atoms with Gasteiger partial charge in [-0.3, -0.25) is 0 Å². The minimum atomic E-state index is -0.305. The van der Waals surface area contributed by atoms with E-state index >= 15 is 0 Å². The van der Waals surface area contributed by atoms with Gasteiger partial charge in [0.25, 0.3) is 0 Å². The summed E-state index contributed by atoms with van der Waals surface area (Å²) in [6, 6.07) is 0. The first kappa shape index (κ1) is 10.4. The van der Waals surface area contributed by atoms with Crippen molar-refractivity contribution in [3.63, 3.8) is 0 Å². The van der Waals surface area contributed by atoms with E-state index in [9.17, 15) is 5.11 Å². The van der Waals surface area contributed by atoms with Crippen molar-refractivity contribution in [3.05, 3.63) is 32.9 Å². The Balaban J connectivity index is 2.11. The highest BCUT2D eigenvalue weighted by Gasteiger charge is 2.23. The molecule has 0 saturated heterocycles. The van der Waals surface area contributed by atoms with Gasteiger partial charge in [0, 0.05) is 15.4 Å². The van der Waals surface area contributed by atoms with Crippen molar-refractivity contribution in [3.8, 4) is 0 Å². The Hall–Kier alpha value is -0.120. The molecule has 14 heavy (non-hydrogen) atoms. The second kappa shape index (κ2) is 4.60. The summed E-state index contributed by atoms with van der Waals surface area (Å²) >= 11 is 5.10. The van der Waals surface area contributed by atoms with Crippen LogP contribution in [0.15, 0.2) is 27.4 Å². The first-order valence-electron chi connectivity index (χ1n) is 4.83. The highest BCUT2D eigenvalue weighted by atomic mass is 79.9. The van der Waals surface area contributed by atoms with Gasteiger partial charge in [0.05, 0.1) is 6.10 Å². The van der Waals surface area contributed by atoms with E-state index in [0.717, 1.165) is 29.3 Å². The van der Waals surface area contributed by atoms with Gasteiger partial charge >= 0.3 is 0 Å². The third-order valence-electron chi connectivity index (χ3n) is 2.72. The maximum absolute atomic E-state index is 10.2. The van der Waals surface area contributed by atoms with Gasteiger partial charge in [-0.2, -0.15) is 11.3 Å². The lowest BCUT2D eigenvalue weighted by Crippen LogP contribution is -2.13. The standard InChI is InChI=1S/C11H13BrOS/c12-10-7-14-6-9(10)11(13)8-4-2-1-3-5-8/h1-2,6-8,11,13H,3-5H2. The maximum Gasteiger partial charge on any atom is 0.0840 e. The van der Waals surface area contributed by atoms with E-state index in [-0.39, 0.29) is 6.10 Å². The quantitative estimate of drug-likeness (QED) is 0.810. The molecule has 2 unspecified atom stereocenters. The molecule has 2 atom stereocenters. The molecule has 1 aliphatic carbocycles. The van der Waals surface area contributed by atoms with Gasteiger partial charge in [-0.05, 0) is 46.5 Å². The normalized spacial score (nSPS) is 23.7. The van der Waals surface area contributed by atoms with Gasteiger partial charge in [0.15, 0.2) is 0 Å². The Labute approximate surface area is 96.6 Å². The van der Waals surface area contributed by atoms with Crippen molar-refractivity contribution in [2.45, 2.75) is 25.4 Å². The predicted molar refractivity (Wildman–Crippen MR) is 63.5 cm³/mol. The summed E-state index contributed by atoms with van der Waals surface area (Å²) in [5, 5.41) is 14.2. The van der Waals surface area contributed by atoms with Crippen LogP contribution in [-0.4, -0.2) is 5.11 Å². The third-order valence-corrected chi connectivity index (χ3v) is 4.47. The van der Waals surface area contributed by atoms with Crippen molar-refractivity contribution in [2.24, 2.45) is 5.92 Å². The van der Waals surface area contributed by atoms with Gasteiger partial charge in [0.1, 0.15) is 0 Å². The third kappa shape index (κ3) is 2.10. The lowest BCUT2D eigenvalue weighted by Gasteiger charge is -2.23. The highest BCUT2D eigenvalue weighted by molar-refractivity contribution is 9.10. The fourth-order valence-corrected chi connectivity index (χ4v) is 3.42. The monoisotopic (exact) mass is 272 g/mol. The largest absolute Gasteiger partial charge is 0.388 e. The van der Waals surface area contributed by atoms with E-state index in [0.29, 0.717) is 5.92 Å². The molecule has 0 aromatic carbocycles. The zero-order valence-electron chi connectivity index (χ0n) is 7.82. The summed E-state index contributed by atoms with van der Waals surface area (Å²) in [4.78, 5) is 0. The average molecular weight is 273 g/mol. The van der Waals surface area contributed by atoms with Crippen LogP contribution in [0.1, 0.15) is 30.9 Å². The van der Waals surface area contributed by atoms with Crippen molar-refractivity contribution in [1.29, 1.82) is 0 Å². The van der Waals surface area contributed by atoms with Gasteiger partial charge in [-0.25, -0.2) is 0 Å². The lowest BCUT2D eigenvalue weighted by atomic mass is 9.87. The van der Waals surface area contributed by atoms with E-state index in [1.165, 1.54) is 0 Å². The lowest BCUT2D eigenvalue weighted by molar-refractivity contribution is 0.102. The molecule has 1 heterocycles. The van der Waals surface area contributed by atoms with E-state index < -0.39 is 0 Å². The summed E-state index contributed by atoms with van der Waals surface area (Å²) in [6.45, 7) is 0. The van der Waals surface area contributed by atoms with Crippen LogP contribution in [0.4, 0.5) is 0 Å². The second-order valence-electron chi connectivity index (χ2n) is 3.66. The van der Waals surface area contributed by atoms with Crippen molar-refractivity contribution < 1.29 is 5.11 Å². The highest BCUT2D eigenvalue weighted by Crippen LogP contribution is 2.36. The Bertz CT molecular complexity index is 332. The van der Waals surface area contributed by atoms with Crippen LogP contribution in [-0.2, 0) is 0 Å². The molecule has 0 amide bonds. The van der Waals surface area contributed by atoms with Crippen LogP contribution in [0.2, 0.25) is 0 Å². The summed E-state index contributed by atoms with van der Waals surface area (Å²) in [5.74, 6) is 0.394. The number of halogens is 1. The van der Waals surface area contributed by atoms with E-state index in [1.807, 2.05) is 10.8 Å². The molecule has 0 radical (unpaired) electrons. The zero-order valence-corrected chi connectivity index (χ0v) is 10.2. The van der Waals surface area contributed by atoms with E-state index in [4.69, 9.17) is 0 Å². The van der Waals surface area contributed by atoms with Crippen LogP contribution in [0, 0.1) is 5.92 Å². The van der Waals surface area contributed by atoms with Crippen LogP contribution >= 0.6 is 27.3 Å². The molecule has 3 heteroatoms. The average Bonchev–Trinajstić information content (AvgIpc) is 2.65. The number of thiophene rings is 1. The molecule has 76 valence electrons. The number of allylic oxidation sites excluding steroid dienone is 2. The first-order chi connectivity index (χ1) is 6.79. The molecule has 1 nitrogen and oxygen atoms in total. The molecule has 2 rings (SSSR count). The van der Waals surface area contributed by atoms with Gasteiger partial charge in [-0.1, -0.05) is 12.2 Å². The Morgan fingerprint density at radius 2 is 2.29 bits per heavy atom. The first-order valence-corrected chi connectivity index (χ1v) is 6.57. The summed E-state index contributed by atoms with van der Waals surface area (Å²) in [5.41, 5.74) is 1.05. The molecule has 1 aromatic rings. The SMILES string of the molecule is OC(c1cscc1Br)C1CC=CCC1. The predicted octanol–water partition coefficient (Wildman–Crippen LogP) is 3.90. The zero-order chi connectivity index (χ0) is 9.97. The Kier molecular flexibility index (Phi) is 3.42. The summed E-state index contributed by atoms with van der Waals surface area (Å²) < 4.78 is 1.05. The summed E-state index contributed by atoms with van der Waals surface area (Å²) in [7, 11) is 0. The van der Waals surface area contributed by atoms with Crippen LogP contribution < -0.4 is 0 Å². The smallest absolute Gasteiger partial charge is 0.0840 e. The molecular formula is C11H13BrOS. The van der Waals surface area contributed by atoms with Crippen LogP contribution in [0.3, 0.4) is 0 Å². The van der Waals surface area contributed by atoms with Crippen LogP contribution in [0.25, 0.3) is 0 Å². The molecule has 1 aromatic heterocycles. The minimum Gasteiger partial charge on any atom is -0.388 e. The number of rotatable bonds is 2. The molecule has 0 aliphatic heterocycles. The molecule has 0 spiro atoms. The fourth-order valence-electron chi connectivity index (χ4n) is 1.86. The molecule has 0 fully saturated rings. The molecule has 1 N–H and O–H groups in total. The molecular weight excluding hydrogens is 260 g/mol. The van der Waals surface area contributed by atoms with Gasteiger partial charge in [-0.15, -0.1) is 0 Å². The van der Waals surface area contributed by atoms with Gasteiger partial charge < -0.3 is 5.11 Å². The van der Waals surface area contributed by atoms with E-state index in [1.54, 1.807) is 11.3 Å². The van der Waals surface area contributed by atoms with Crippen molar-refractivity contribution in [1.82, 2.24) is 0 Å². The molecule has 1 aliphatic rings. The Morgan fingerprint density at radius 1 is 1.43 bits per heavy atom. The van der Waals surface area contributed by atoms with Crippen molar-refractivity contribution >= 4 is 27.3 Å². The fraction of sp³-hybridized carbons (Fsp3) is 0.455. The second-order valence-corrected chi connectivity index (χ2v) is 5.26. The number of aliphatic hydroxyl groups excluding tert-OH is 1. The number of hydrogen-bond donors (Lipinski definition) is 1. The molecule has 0 bridgehead atoms. The van der Waals surface area contributed by atoms with Crippen LogP contribution in [0.5, 0.6) is 0 Å². The van der Waals surface area contributed by atoms with E-state index in [2.05, 4.69) is 28.1 Å². The maximum atomic E-state index is 10.2. The van der Waals surface area contributed by atoms with Crippen molar-refractivity contribution in [2.75, 3.05) is 0 Å². The molecule has 0 saturated carbocycles. The minimum absolute atomic E-state index is 0.305. The topological polar surface area (TPSA) is 20.2 Å². The Morgan fingerprint density at radius 3 is 2.86 bits per heavy atom. The number of aliphatic hydroxyl groups is 1. The summed E-state index contributed by atoms with van der Waals surface area (Å²) in [6.07, 6.45) is 7.27. The number of hydrogen-bond acceptors (Lipinski definition) is 2. The van der Waals surface area contributed by atoms with Gasteiger partial charge in [0.2, 0.25) is 0 Å².